The molecule has 7 nitrogen and oxygen atoms in total. The molecular weight excluding hydrogens is 242 g/mol. The molecule has 18 heavy (non-hydrogen) atoms. The number of carbonyl (C=O) groups is 3. The molecule has 7 heteroatoms. The molecule has 0 saturated heterocycles. The molecule has 0 aliphatic carbocycles. The van der Waals surface area contributed by atoms with Gasteiger partial charge in [0.25, 0.3) is 0 Å². The van der Waals surface area contributed by atoms with E-state index in [0.717, 1.165) is 0 Å². The number of carboxylic acids is 3. The normalized spacial score (nSPS) is 14.2. The molecule has 104 valence electrons. The summed E-state index contributed by atoms with van der Waals surface area (Å²) in [4.78, 5) is 33.7. The fourth-order valence-electron chi connectivity index (χ4n) is 1.63. The number of nitrogens with zero attached hydrogens (tertiary/aromatic N) is 1. The zero-order chi connectivity index (χ0) is 14.3. The minimum absolute atomic E-state index is 0.0213. The van der Waals surface area contributed by atoms with Gasteiger partial charge >= 0.3 is 17.9 Å². The molecular formula is C11H19NO6. The Kier molecular flexibility index (Phi) is 6.96. The summed E-state index contributed by atoms with van der Waals surface area (Å²) in [6.07, 6.45) is 0.0808. The maximum atomic E-state index is 11.0. The van der Waals surface area contributed by atoms with Crippen molar-refractivity contribution in [1.29, 1.82) is 0 Å². The van der Waals surface area contributed by atoms with E-state index in [1.54, 1.807) is 6.92 Å². The number of aliphatic carboxylic acids is 3. The molecule has 0 aromatic heterocycles. The third-order valence-corrected chi connectivity index (χ3v) is 2.66. The van der Waals surface area contributed by atoms with E-state index in [1.165, 1.54) is 11.8 Å². The Bertz CT molecular complexity index is 317. The highest BCUT2D eigenvalue weighted by atomic mass is 16.4. The van der Waals surface area contributed by atoms with Crippen molar-refractivity contribution in [3.63, 3.8) is 0 Å². The monoisotopic (exact) mass is 261 g/mol. The summed E-state index contributed by atoms with van der Waals surface area (Å²) in [6, 6.07) is -0.855. The largest absolute Gasteiger partial charge is 0.481 e. The Labute approximate surface area is 105 Å². The number of hydrogen-bond donors (Lipinski definition) is 3. The fraction of sp³-hybridized carbons (Fsp3) is 0.727. The molecule has 0 fully saturated rings. The van der Waals surface area contributed by atoms with Gasteiger partial charge < -0.3 is 15.3 Å². The van der Waals surface area contributed by atoms with Gasteiger partial charge in [0.15, 0.2) is 0 Å². The van der Waals surface area contributed by atoms with Crippen LogP contribution in [0.25, 0.3) is 0 Å². The third-order valence-electron chi connectivity index (χ3n) is 2.66. The van der Waals surface area contributed by atoms with Gasteiger partial charge in [-0.25, -0.2) is 0 Å². The van der Waals surface area contributed by atoms with Crippen LogP contribution in [0, 0.1) is 5.92 Å². The highest BCUT2D eigenvalue weighted by Crippen LogP contribution is 2.10. The third kappa shape index (κ3) is 5.62. The molecule has 2 unspecified atom stereocenters. The molecule has 0 bridgehead atoms. The minimum atomic E-state index is -1.07. The van der Waals surface area contributed by atoms with E-state index in [-0.39, 0.29) is 19.5 Å². The molecule has 0 aromatic carbocycles. The van der Waals surface area contributed by atoms with E-state index in [2.05, 4.69) is 0 Å². The van der Waals surface area contributed by atoms with E-state index in [4.69, 9.17) is 15.3 Å². The summed E-state index contributed by atoms with van der Waals surface area (Å²) in [6.45, 7) is 3.17. The van der Waals surface area contributed by atoms with Crippen LogP contribution in [0.15, 0.2) is 0 Å². The van der Waals surface area contributed by atoms with Gasteiger partial charge in [0.2, 0.25) is 0 Å². The van der Waals surface area contributed by atoms with Crippen molar-refractivity contribution in [2.24, 2.45) is 5.92 Å². The molecule has 0 aliphatic rings. The lowest BCUT2D eigenvalue weighted by atomic mass is 10.1. The van der Waals surface area contributed by atoms with Crippen LogP contribution in [0.1, 0.15) is 26.7 Å². The van der Waals surface area contributed by atoms with Crippen molar-refractivity contribution < 1.29 is 29.7 Å². The Balaban J connectivity index is 4.73. The Hall–Kier alpha value is -1.63. The van der Waals surface area contributed by atoms with E-state index in [0.29, 0.717) is 6.42 Å². The molecule has 0 spiro atoms. The van der Waals surface area contributed by atoms with E-state index in [1.807, 2.05) is 0 Å². The van der Waals surface area contributed by atoms with Crippen molar-refractivity contribution in [3.05, 3.63) is 0 Å². The van der Waals surface area contributed by atoms with Crippen LogP contribution in [0.4, 0.5) is 0 Å². The molecule has 0 rings (SSSR count). The summed E-state index contributed by atoms with van der Waals surface area (Å²) >= 11 is 0. The maximum Gasteiger partial charge on any atom is 0.320 e. The van der Waals surface area contributed by atoms with E-state index < -0.39 is 29.9 Å². The average molecular weight is 261 g/mol. The number of hydrogen-bond acceptors (Lipinski definition) is 4. The summed E-state index contributed by atoms with van der Waals surface area (Å²) in [5, 5.41) is 26.4. The van der Waals surface area contributed by atoms with Crippen LogP contribution in [0.5, 0.6) is 0 Å². The zero-order valence-corrected chi connectivity index (χ0v) is 10.5. The lowest BCUT2D eigenvalue weighted by Gasteiger charge is -2.28. The second kappa shape index (κ2) is 7.65. The second-order valence-corrected chi connectivity index (χ2v) is 4.14. The molecule has 0 heterocycles. The van der Waals surface area contributed by atoms with Gasteiger partial charge in [0, 0.05) is 13.1 Å². The molecule has 0 aromatic rings. The second-order valence-electron chi connectivity index (χ2n) is 4.14. The van der Waals surface area contributed by atoms with Gasteiger partial charge in [0.05, 0.1) is 12.3 Å². The van der Waals surface area contributed by atoms with Crippen LogP contribution in [-0.2, 0) is 14.4 Å². The molecule has 0 saturated carbocycles. The van der Waals surface area contributed by atoms with Gasteiger partial charge in [-0.05, 0) is 6.42 Å². The molecule has 0 aliphatic heterocycles. The minimum Gasteiger partial charge on any atom is -0.481 e. The summed E-state index contributed by atoms with van der Waals surface area (Å²) in [5.41, 5.74) is 0. The van der Waals surface area contributed by atoms with Crippen molar-refractivity contribution >= 4 is 17.9 Å². The first kappa shape index (κ1) is 16.4. The van der Waals surface area contributed by atoms with Crippen molar-refractivity contribution in [2.75, 3.05) is 13.1 Å². The SMILES string of the molecule is CCC(C(=O)O)N(CCC(=O)O)CC(C)C(=O)O. The Morgan fingerprint density at radius 1 is 1.11 bits per heavy atom. The van der Waals surface area contributed by atoms with Crippen molar-refractivity contribution in [3.8, 4) is 0 Å². The summed E-state index contributed by atoms with van der Waals surface area (Å²) in [7, 11) is 0. The number of rotatable bonds is 9. The fourth-order valence-corrected chi connectivity index (χ4v) is 1.63. The first-order valence-electron chi connectivity index (χ1n) is 5.71. The lowest BCUT2D eigenvalue weighted by molar-refractivity contribution is -0.148. The first-order chi connectivity index (χ1) is 8.29. The van der Waals surface area contributed by atoms with Gasteiger partial charge in [-0.1, -0.05) is 13.8 Å². The van der Waals surface area contributed by atoms with Crippen molar-refractivity contribution in [1.82, 2.24) is 4.90 Å². The van der Waals surface area contributed by atoms with Crippen LogP contribution < -0.4 is 0 Å². The standard InChI is InChI=1S/C11H19NO6/c1-3-8(11(17)18)12(5-4-9(13)14)6-7(2)10(15)16/h7-8H,3-6H2,1-2H3,(H,13,14)(H,15,16)(H,17,18). The smallest absolute Gasteiger partial charge is 0.320 e. The average Bonchev–Trinajstić information content (AvgIpc) is 2.25. The van der Waals surface area contributed by atoms with Crippen LogP contribution in [0.3, 0.4) is 0 Å². The van der Waals surface area contributed by atoms with Gasteiger partial charge in [0.1, 0.15) is 6.04 Å². The quantitative estimate of drug-likeness (QED) is 0.548. The molecule has 0 amide bonds. The predicted molar refractivity (Wildman–Crippen MR) is 62.3 cm³/mol. The van der Waals surface area contributed by atoms with Gasteiger partial charge in [-0.2, -0.15) is 0 Å². The Morgan fingerprint density at radius 3 is 2.00 bits per heavy atom. The molecule has 0 radical (unpaired) electrons. The van der Waals surface area contributed by atoms with Crippen LogP contribution >= 0.6 is 0 Å². The molecule has 2 atom stereocenters. The zero-order valence-electron chi connectivity index (χ0n) is 10.5. The van der Waals surface area contributed by atoms with Gasteiger partial charge in [-0.15, -0.1) is 0 Å². The predicted octanol–water partition coefficient (Wildman–Crippen LogP) is 0.347. The van der Waals surface area contributed by atoms with Crippen LogP contribution in [0.2, 0.25) is 0 Å². The van der Waals surface area contributed by atoms with E-state index >= 15 is 0 Å². The first-order valence-corrected chi connectivity index (χ1v) is 5.71. The Morgan fingerprint density at radius 2 is 1.67 bits per heavy atom. The maximum absolute atomic E-state index is 11.0. The van der Waals surface area contributed by atoms with Crippen LogP contribution in [-0.4, -0.2) is 57.3 Å². The summed E-state index contributed by atoms with van der Waals surface area (Å²) < 4.78 is 0. The highest BCUT2D eigenvalue weighted by Gasteiger charge is 2.27. The van der Waals surface area contributed by atoms with E-state index in [9.17, 15) is 14.4 Å². The van der Waals surface area contributed by atoms with Gasteiger partial charge in [-0.3, -0.25) is 19.3 Å². The topological polar surface area (TPSA) is 115 Å². The number of carboxylic acid groups (broad SMARTS) is 3. The molecule has 3 N–H and O–H groups in total. The van der Waals surface area contributed by atoms with Crippen molar-refractivity contribution in [2.45, 2.75) is 32.7 Å². The summed E-state index contributed by atoms with van der Waals surface area (Å²) in [5.74, 6) is -3.88. The lowest BCUT2D eigenvalue weighted by Crippen LogP contribution is -2.45. The highest BCUT2D eigenvalue weighted by molar-refractivity contribution is 5.74.